The largest absolute Gasteiger partial charge is 0.325 e. The number of amides is 3. The number of nitro benzene ring substituents is 1. The number of hydrogen-bond donors (Lipinski definition) is 1. The zero-order valence-electron chi connectivity index (χ0n) is 17.9. The molecule has 0 radical (unpaired) electrons. The molecule has 1 aliphatic carbocycles. The number of ketones is 1. The van der Waals surface area contributed by atoms with Crippen LogP contribution in [-0.2, 0) is 10.3 Å². The third-order valence-corrected chi connectivity index (χ3v) is 6.52. The van der Waals surface area contributed by atoms with Gasteiger partial charge in [-0.3, -0.25) is 24.6 Å². The highest BCUT2D eigenvalue weighted by Crippen LogP contribution is 2.33. The highest BCUT2D eigenvalue weighted by molar-refractivity contribution is 6.11. The van der Waals surface area contributed by atoms with Crippen LogP contribution in [0.1, 0.15) is 66.4 Å². The highest BCUT2D eigenvalue weighted by atomic mass is 16.6. The van der Waals surface area contributed by atoms with Gasteiger partial charge in [-0.15, -0.1) is 0 Å². The van der Waals surface area contributed by atoms with E-state index in [2.05, 4.69) is 5.32 Å². The maximum Gasteiger partial charge on any atom is 0.325 e. The first-order chi connectivity index (χ1) is 15.3. The minimum atomic E-state index is -1.48. The average molecular weight is 435 g/mol. The summed E-state index contributed by atoms with van der Waals surface area (Å²) in [4.78, 5) is 49.8. The molecule has 0 aromatic heterocycles. The molecular weight excluding hydrogens is 410 g/mol. The number of nitrogens with zero attached hydrogens (tertiary/aromatic N) is 2. The topological polar surface area (TPSA) is 110 Å². The molecule has 2 aliphatic rings. The zero-order valence-corrected chi connectivity index (χ0v) is 17.9. The summed E-state index contributed by atoms with van der Waals surface area (Å²) < 4.78 is 0. The van der Waals surface area contributed by atoms with Gasteiger partial charge in [0.25, 0.3) is 11.6 Å². The van der Waals surface area contributed by atoms with Gasteiger partial charge in [0, 0.05) is 17.7 Å². The lowest BCUT2D eigenvalue weighted by molar-refractivity contribution is -0.385. The summed E-state index contributed by atoms with van der Waals surface area (Å²) in [5.41, 5.74) is 0.285. The van der Waals surface area contributed by atoms with Crippen LogP contribution in [0.25, 0.3) is 0 Å². The molecule has 1 N–H and O–H groups in total. The number of carbonyl (C=O) groups is 3. The summed E-state index contributed by atoms with van der Waals surface area (Å²) in [6.07, 6.45) is 6.04. The predicted octanol–water partition coefficient (Wildman–Crippen LogP) is 4.29. The number of carbonyl (C=O) groups excluding carboxylic acids is 3. The summed E-state index contributed by atoms with van der Waals surface area (Å²) >= 11 is 0. The smallest absolute Gasteiger partial charge is 0.319 e. The van der Waals surface area contributed by atoms with E-state index in [0.29, 0.717) is 11.5 Å². The Hall–Kier alpha value is -3.55. The SMILES string of the molecule is CC1(c2cccc([N+](=O)[O-])c2)NC(=O)N(CC(=O)c2ccc(C3CCCCC3)cc2)C1=O. The van der Waals surface area contributed by atoms with E-state index in [1.165, 1.54) is 49.9 Å². The Morgan fingerprint density at radius 3 is 2.47 bits per heavy atom. The van der Waals surface area contributed by atoms with E-state index in [1.807, 2.05) is 12.1 Å². The molecule has 1 saturated heterocycles. The maximum atomic E-state index is 13.1. The number of non-ortho nitro benzene ring substituents is 1. The summed E-state index contributed by atoms with van der Waals surface area (Å²) in [7, 11) is 0. The second-order valence-corrected chi connectivity index (χ2v) is 8.63. The van der Waals surface area contributed by atoms with E-state index in [0.717, 1.165) is 17.7 Å². The van der Waals surface area contributed by atoms with Crippen molar-refractivity contribution in [1.82, 2.24) is 10.2 Å². The molecule has 166 valence electrons. The zero-order chi connectivity index (χ0) is 22.9. The predicted molar refractivity (Wildman–Crippen MR) is 117 cm³/mol. The fourth-order valence-corrected chi connectivity index (χ4v) is 4.58. The third-order valence-electron chi connectivity index (χ3n) is 6.52. The normalized spacial score (nSPS) is 21.5. The third kappa shape index (κ3) is 4.00. The Kier molecular flexibility index (Phi) is 5.78. The molecule has 1 unspecified atom stereocenters. The average Bonchev–Trinajstić information content (AvgIpc) is 3.03. The first-order valence-electron chi connectivity index (χ1n) is 10.8. The number of benzene rings is 2. The van der Waals surface area contributed by atoms with Crippen molar-refractivity contribution in [3.8, 4) is 0 Å². The van der Waals surface area contributed by atoms with Crippen molar-refractivity contribution in [3.05, 3.63) is 75.3 Å². The number of nitrogens with one attached hydrogen (secondary N) is 1. The van der Waals surface area contributed by atoms with Crippen molar-refractivity contribution in [2.75, 3.05) is 6.54 Å². The number of rotatable bonds is 6. The molecule has 1 saturated carbocycles. The van der Waals surface area contributed by atoms with E-state index in [-0.39, 0.29) is 17.0 Å². The molecule has 1 atom stereocenters. The fourth-order valence-electron chi connectivity index (χ4n) is 4.58. The molecule has 32 heavy (non-hydrogen) atoms. The second-order valence-electron chi connectivity index (χ2n) is 8.63. The Morgan fingerprint density at radius 1 is 1.12 bits per heavy atom. The summed E-state index contributed by atoms with van der Waals surface area (Å²) in [6, 6.07) is 12.3. The molecule has 4 rings (SSSR count). The van der Waals surface area contributed by atoms with E-state index >= 15 is 0 Å². The van der Waals surface area contributed by atoms with Gasteiger partial charge in [0.05, 0.1) is 11.5 Å². The van der Waals surface area contributed by atoms with Crippen molar-refractivity contribution in [2.45, 2.75) is 50.5 Å². The number of urea groups is 1. The fraction of sp³-hybridized carbons (Fsp3) is 0.375. The standard InChI is InChI=1S/C24H25N3O5/c1-24(19-8-5-9-20(14-19)27(31)32)22(29)26(23(30)25-24)15-21(28)18-12-10-17(11-13-18)16-6-3-2-4-7-16/h5,8-14,16H,2-4,6-7,15H2,1H3,(H,25,30). The van der Waals surface area contributed by atoms with Gasteiger partial charge in [-0.1, -0.05) is 55.7 Å². The van der Waals surface area contributed by atoms with E-state index in [1.54, 1.807) is 18.2 Å². The number of nitro groups is 1. The second kappa shape index (κ2) is 8.53. The summed E-state index contributed by atoms with van der Waals surface area (Å²) in [5, 5.41) is 13.7. The van der Waals surface area contributed by atoms with E-state index in [4.69, 9.17) is 0 Å². The van der Waals surface area contributed by atoms with Gasteiger partial charge >= 0.3 is 6.03 Å². The lowest BCUT2D eigenvalue weighted by atomic mass is 9.84. The van der Waals surface area contributed by atoms with Crippen molar-refractivity contribution in [2.24, 2.45) is 0 Å². The Balaban J connectivity index is 1.49. The number of imide groups is 1. The molecule has 1 heterocycles. The first kappa shape index (κ1) is 21.7. The van der Waals surface area contributed by atoms with Gasteiger partial charge in [0.15, 0.2) is 5.78 Å². The van der Waals surface area contributed by atoms with Gasteiger partial charge in [-0.25, -0.2) is 4.79 Å². The molecule has 0 bridgehead atoms. The molecule has 3 amide bonds. The number of hydrogen-bond acceptors (Lipinski definition) is 5. The quantitative estimate of drug-likeness (QED) is 0.315. The van der Waals surface area contributed by atoms with E-state index in [9.17, 15) is 24.5 Å². The van der Waals surface area contributed by atoms with Gasteiger partial charge in [0.2, 0.25) is 0 Å². The summed E-state index contributed by atoms with van der Waals surface area (Å²) in [6.45, 7) is 1.09. The van der Waals surface area contributed by atoms with Crippen molar-refractivity contribution in [1.29, 1.82) is 0 Å². The molecule has 2 aromatic carbocycles. The molecule has 1 aliphatic heterocycles. The van der Waals surface area contributed by atoms with Crippen molar-refractivity contribution < 1.29 is 19.3 Å². The van der Waals surface area contributed by atoms with Crippen LogP contribution in [0.2, 0.25) is 0 Å². The van der Waals surface area contributed by atoms with Crippen molar-refractivity contribution in [3.63, 3.8) is 0 Å². The van der Waals surface area contributed by atoms with Crippen LogP contribution in [0.3, 0.4) is 0 Å². The highest BCUT2D eigenvalue weighted by Gasteiger charge is 2.49. The van der Waals surface area contributed by atoms with Crippen LogP contribution >= 0.6 is 0 Å². The molecule has 2 aromatic rings. The van der Waals surface area contributed by atoms with Crippen LogP contribution in [0.5, 0.6) is 0 Å². The van der Waals surface area contributed by atoms with Crippen LogP contribution in [0.4, 0.5) is 10.5 Å². The monoisotopic (exact) mass is 435 g/mol. The Morgan fingerprint density at radius 2 is 1.81 bits per heavy atom. The summed E-state index contributed by atoms with van der Waals surface area (Å²) in [5.74, 6) is -0.434. The van der Waals surface area contributed by atoms with Crippen LogP contribution in [-0.4, -0.2) is 34.1 Å². The van der Waals surface area contributed by atoms with Gasteiger partial charge < -0.3 is 5.32 Å². The van der Waals surface area contributed by atoms with Crippen LogP contribution in [0, 0.1) is 10.1 Å². The van der Waals surface area contributed by atoms with Crippen molar-refractivity contribution >= 4 is 23.4 Å². The van der Waals surface area contributed by atoms with E-state index < -0.39 is 28.9 Å². The molecule has 0 spiro atoms. The number of Topliss-reactive ketones (excluding diaryl/α,β-unsaturated/α-hetero) is 1. The Labute approximate surface area is 185 Å². The van der Waals surface area contributed by atoms with Gasteiger partial charge in [0.1, 0.15) is 5.54 Å². The van der Waals surface area contributed by atoms with Gasteiger partial charge in [-0.05, 0) is 36.8 Å². The maximum absolute atomic E-state index is 13.1. The first-order valence-corrected chi connectivity index (χ1v) is 10.8. The van der Waals surface area contributed by atoms with Gasteiger partial charge in [-0.2, -0.15) is 0 Å². The Bertz CT molecular complexity index is 1080. The molecule has 8 heteroatoms. The van der Waals surface area contributed by atoms with Crippen LogP contribution in [0.15, 0.2) is 48.5 Å². The molecule has 2 fully saturated rings. The van der Waals surface area contributed by atoms with Crippen LogP contribution < -0.4 is 5.32 Å². The minimum absolute atomic E-state index is 0.182. The lowest BCUT2D eigenvalue weighted by Crippen LogP contribution is -2.41. The molecular formula is C24H25N3O5. The molecule has 8 nitrogen and oxygen atoms in total. The lowest BCUT2D eigenvalue weighted by Gasteiger charge is -2.22. The minimum Gasteiger partial charge on any atom is -0.319 e.